The number of carboxylic acid groups (broad SMARTS) is 1. The summed E-state index contributed by atoms with van der Waals surface area (Å²) in [5.74, 6) is -1.17. The molecule has 0 saturated carbocycles. The lowest BCUT2D eigenvalue weighted by Crippen LogP contribution is -2.42. The third-order valence-corrected chi connectivity index (χ3v) is 4.10. The van der Waals surface area contributed by atoms with Gasteiger partial charge >= 0.3 is 0 Å². The maximum absolute atomic E-state index is 12.5. The van der Waals surface area contributed by atoms with Crippen molar-refractivity contribution in [2.45, 2.75) is 25.3 Å². The van der Waals surface area contributed by atoms with Gasteiger partial charge in [0.25, 0.3) is 0 Å². The second-order valence-corrected chi connectivity index (χ2v) is 5.32. The van der Waals surface area contributed by atoms with Crippen LogP contribution < -0.4 is 5.11 Å². The second-order valence-electron chi connectivity index (χ2n) is 5.32. The standard InChI is InChI=1S/C16H15NO3/c1-16(15(19)20)9-10-17-12(7-8-13(16)17)14(18)11-5-3-2-4-6-11/h2-8H,9-10H2,1H3,(H,19,20)/p-1. The summed E-state index contributed by atoms with van der Waals surface area (Å²) in [4.78, 5) is 23.8. The summed E-state index contributed by atoms with van der Waals surface area (Å²) in [6.45, 7) is 2.18. The Morgan fingerprint density at radius 2 is 1.85 bits per heavy atom. The summed E-state index contributed by atoms with van der Waals surface area (Å²) in [7, 11) is 0. The largest absolute Gasteiger partial charge is 0.549 e. The molecule has 0 fully saturated rings. The van der Waals surface area contributed by atoms with Crippen molar-refractivity contribution in [2.24, 2.45) is 0 Å². The first-order valence-electron chi connectivity index (χ1n) is 6.55. The molecule has 0 N–H and O–H groups in total. The maximum atomic E-state index is 12.5. The lowest BCUT2D eigenvalue weighted by atomic mass is 9.86. The van der Waals surface area contributed by atoms with Gasteiger partial charge in [-0.15, -0.1) is 0 Å². The SMILES string of the molecule is CC1(C(=O)[O-])CCn2c(C(=O)c3ccccc3)ccc21. The molecule has 102 valence electrons. The van der Waals surface area contributed by atoms with Crippen LogP contribution in [-0.4, -0.2) is 16.3 Å². The van der Waals surface area contributed by atoms with E-state index in [0.29, 0.717) is 29.9 Å². The van der Waals surface area contributed by atoms with E-state index < -0.39 is 11.4 Å². The van der Waals surface area contributed by atoms with E-state index in [1.165, 1.54) is 0 Å². The van der Waals surface area contributed by atoms with Crippen molar-refractivity contribution in [3.05, 3.63) is 59.4 Å². The van der Waals surface area contributed by atoms with E-state index in [1.807, 2.05) is 18.2 Å². The van der Waals surface area contributed by atoms with Crippen molar-refractivity contribution in [1.82, 2.24) is 4.57 Å². The molecule has 0 spiro atoms. The minimum absolute atomic E-state index is 0.0838. The zero-order valence-corrected chi connectivity index (χ0v) is 11.1. The number of carbonyl (C=O) groups excluding carboxylic acids is 2. The molecule has 1 aliphatic heterocycles. The van der Waals surface area contributed by atoms with Crippen LogP contribution in [0.2, 0.25) is 0 Å². The zero-order valence-electron chi connectivity index (χ0n) is 11.1. The van der Waals surface area contributed by atoms with Crippen LogP contribution in [-0.2, 0) is 16.8 Å². The van der Waals surface area contributed by atoms with Gasteiger partial charge in [0.1, 0.15) is 0 Å². The van der Waals surface area contributed by atoms with Crippen LogP contribution in [0.4, 0.5) is 0 Å². The predicted octanol–water partition coefficient (Wildman–Crippen LogP) is 1.13. The Kier molecular flexibility index (Phi) is 2.74. The molecule has 0 aliphatic carbocycles. The fourth-order valence-corrected chi connectivity index (χ4v) is 2.80. The van der Waals surface area contributed by atoms with Crippen LogP contribution in [0.25, 0.3) is 0 Å². The van der Waals surface area contributed by atoms with Gasteiger partial charge in [0, 0.05) is 23.2 Å². The van der Waals surface area contributed by atoms with Gasteiger partial charge < -0.3 is 14.5 Å². The number of aliphatic carboxylic acids is 1. The van der Waals surface area contributed by atoms with Crippen LogP contribution in [0.1, 0.15) is 35.1 Å². The Balaban J connectivity index is 2.04. The molecule has 2 aromatic rings. The van der Waals surface area contributed by atoms with E-state index in [0.717, 1.165) is 0 Å². The second kappa shape index (κ2) is 4.34. The topological polar surface area (TPSA) is 62.1 Å². The molecule has 0 radical (unpaired) electrons. The third-order valence-electron chi connectivity index (χ3n) is 4.10. The Bertz CT molecular complexity index is 687. The van der Waals surface area contributed by atoms with Gasteiger partial charge in [-0.3, -0.25) is 4.79 Å². The Labute approximate surface area is 116 Å². The van der Waals surface area contributed by atoms with Crippen molar-refractivity contribution < 1.29 is 14.7 Å². The molecule has 3 rings (SSSR count). The number of ketones is 1. The van der Waals surface area contributed by atoms with E-state index in [2.05, 4.69) is 0 Å². The molecule has 1 unspecified atom stereocenters. The Morgan fingerprint density at radius 3 is 2.50 bits per heavy atom. The molecule has 2 heterocycles. The highest BCUT2D eigenvalue weighted by molar-refractivity contribution is 6.08. The molecule has 0 amide bonds. The van der Waals surface area contributed by atoms with Crippen molar-refractivity contribution in [3.63, 3.8) is 0 Å². The number of hydrogen-bond acceptors (Lipinski definition) is 3. The molecule has 1 atom stereocenters. The molecule has 1 aromatic heterocycles. The Morgan fingerprint density at radius 1 is 1.15 bits per heavy atom. The van der Waals surface area contributed by atoms with Gasteiger partial charge in [0.2, 0.25) is 5.78 Å². The predicted molar refractivity (Wildman–Crippen MR) is 71.3 cm³/mol. The number of rotatable bonds is 3. The average Bonchev–Trinajstić information content (AvgIpc) is 3.01. The highest BCUT2D eigenvalue weighted by Gasteiger charge is 2.38. The number of carboxylic acids is 1. The monoisotopic (exact) mass is 268 g/mol. The number of carbonyl (C=O) groups is 2. The Hall–Kier alpha value is -2.36. The fraction of sp³-hybridized carbons (Fsp3) is 0.250. The van der Waals surface area contributed by atoms with Gasteiger partial charge in [-0.25, -0.2) is 0 Å². The van der Waals surface area contributed by atoms with Crippen molar-refractivity contribution in [1.29, 1.82) is 0 Å². The molecule has 20 heavy (non-hydrogen) atoms. The summed E-state index contributed by atoms with van der Waals surface area (Å²) >= 11 is 0. The lowest BCUT2D eigenvalue weighted by Gasteiger charge is -2.24. The highest BCUT2D eigenvalue weighted by Crippen LogP contribution is 2.36. The quantitative estimate of drug-likeness (QED) is 0.784. The first-order chi connectivity index (χ1) is 9.54. The van der Waals surface area contributed by atoms with Crippen molar-refractivity contribution in [2.75, 3.05) is 0 Å². The molecule has 1 aliphatic rings. The minimum Gasteiger partial charge on any atom is -0.549 e. The number of nitrogens with zero attached hydrogens (tertiary/aromatic N) is 1. The van der Waals surface area contributed by atoms with Gasteiger partial charge in [-0.05, 0) is 25.5 Å². The fourth-order valence-electron chi connectivity index (χ4n) is 2.80. The average molecular weight is 268 g/mol. The first-order valence-corrected chi connectivity index (χ1v) is 6.55. The molecular weight excluding hydrogens is 254 g/mol. The van der Waals surface area contributed by atoms with Gasteiger partial charge in [0.05, 0.1) is 11.7 Å². The minimum atomic E-state index is -1.09. The summed E-state index contributed by atoms with van der Waals surface area (Å²) in [5, 5.41) is 11.3. The number of aromatic nitrogens is 1. The van der Waals surface area contributed by atoms with E-state index in [4.69, 9.17) is 0 Å². The van der Waals surface area contributed by atoms with Gasteiger partial charge in [0.15, 0.2) is 0 Å². The van der Waals surface area contributed by atoms with E-state index in [-0.39, 0.29) is 5.78 Å². The number of fused-ring (bicyclic) bond motifs is 1. The maximum Gasteiger partial charge on any atom is 0.209 e. The van der Waals surface area contributed by atoms with Gasteiger partial charge in [-0.1, -0.05) is 30.3 Å². The number of benzene rings is 1. The van der Waals surface area contributed by atoms with Gasteiger partial charge in [-0.2, -0.15) is 0 Å². The van der Waals surface area contributed by atoms with Crippen LogP contribution >= 0.6 is 0 Å². The lowest BCUT2D eigenvalue weighted by molar-refractivity contribution is -0.313. The summed E-state index contributed by atoms with van der Waals surface area (Å²) in [6, 6.07) is 12.4. The highest BCUT2D eigenvalue weighted by atomic mass is 16.4. The van der Waals surface area contributed by atoms with Crippen LogP contribution in [0, 0.1) is 0 Å². The normalized spacial score (nSPS) is 20.6. The smallest absolute Gasteiger partial charge is 0.209 e. The first kappa shape index (κ1) is 12.7. The summed E-state index contributed by atoms with van der Waals surface area (Å²) in [5.41, 5.74) is 0.790. The van der Waals surface area contributed by atoms with Crippen molar-refractivity contribution >= 4 is 11.8 Å². The zero-order chi connectivity index (χ0) is 14.3. The van der Waals surface area contributed by atoms with Crippen LogP contribution in [0.3, 0.4) is 0 Å². The molecule has 1 aromatic carbocycles. The van der Waals surface area contributed by atoms with Crippen LogP contribution in [0.15, 0.2) is 42.5 Å². The van der Waals surface area contributed by atoms with E-state index >= 15 is 0 Å². The summed E-state index contributed by atoms with van der Waals surface area (Å²) < 4.78 is 1.80. The molecule has 0 bridgehead atoms. The molecule has 4 nitrogen and oxygen atoms in total. The molecule has 0 saturated heterocycles. The van der Waals surface area contributed by atoms with Crippen LogP contribution in [0.5, 0.6) is 0 Å². The third kappa shape index (κ3) is 1.68. The molecular formula is C16H14NO3-. The number of hydrogen-bond donors (Lipinski definition) is 0. The van der Waals surface area contributed by atoms with E-state index in [1.54, 1.807) is 35.8 Å². The summed E-state index contributed by atoms with van der Waals surface area (Å²) in [6.07, 6.45) is 0.459. The van der Waals surface area contributed by atoms with Crippen molar-refractivity contribution in [3.8, 4) is 0 Å². The van der Waals surface area contributed by atoms with E-state index in [9.17, 15) is 14.7 Å². The molecule has 4 heteroatoms.